The molecule has 0 aliphatic carbocycles. The Bertz CT molecular complexity index is 1800. The molecule has 5 rings (SSSR count). The number of halogens is 4. The van der Waals surface area contributed by atoms with E-state index >= 15 is 0 Å². The van der Waals surface area contributed by atoms with Crippen LogP contribution in [0.25, 0.3) is 21.3 Å². The van der Waals surface area contributed by atoms with Gasteiger partial charge in [-0.3, -0.25) is 14.3 Å². The molecule has 0 fully saturated rings. The van der Waals surface area contributed by atoms with Crippen molar-refractivity contribution < 1.29 is 23.1 Å². The SMILES string of the molecule is CCn1cc(-c2cc(C(F)F)nc3sc(C(N)=O)c(NC(=O)c4ccn(COc5ccc(Cl)cc5Br)n4)c23)c(C)n1. The molecule has 0 spiro atoms. The number of amides is 2. The summed E-state index contributed by atoms with van der Waals surface area (Å²) in [6.45, 7) is 4.18. The summed E-state index contributed by atoms with van der Waals surface area (Å²) in [6, 6.07) is 7.76. The lowest BCUT2D eigenvalue weighted by atomic mass is 10.0. The van der Waals surface area contributed by atoms with E-state index in [1.165, 1.54) is 16.8 Å². The average Bonchev–Trinajstić information content (AvgIpc) is 3.65. The van der Waals surface area contributed by atoms with Crippen molar-refractivity contribution in [2.45, 2.75) is 33.5 Å². The number of carbonyl (C=O) groups is 2. The normalized spacial score (nSPS) is 11.4. The quantitative estimate of drug-likeness (QED) is 0.187. The number of nitrogens with one attached hydrogen (secondary N) is 1. The summed E-state index contributed by atoms with van der Waals surface area (Å²) in [5, 5.41) is 12.2. The van der Waals surface area contributed by atoms with E-state index in [0.717, 1.165) is 11.3 Å². The van der Waals surface area contributed by atoms with Crippen molar-refractivity contribution in [2.75, 3.05) is 5.32 Å². The number of hydrogen-bond donors (Lipinski definition) is 2. The van der Waals surface area contributed by atoms with Crippen molar-refractivity contribution in [2.24, 2.45) is 5.73 Å². The van der Waals surface area contributed by atoms with E-state index in [9.17, 15) is 18.4 Å². The number of fused-ring (bicyclic) bond motifs is 1. The van der Waals surface area contributed by atoms with E-state index in [1.54, 1.807) is 42.2 Å². The first-order chi connectivity index (χ1) is 19.5. The number of hydrogen-bond acceptors (Lipinski definition) is 7. The van der Waals surface area contributed by atoms with Crippen LogP contribution in [0.15, 0.2) is 47.2 Å². The molecule has 0 bridgehead atoms. The zero-order chi connectivity index (χ0) is 29.4. The first-order valence-electron chi connectivity index (χ1n) is 12.1. The lowest BCUT2D eigenvalue weighted by Gasteiger charge is -2.10. The molecule has 0 radical (unpaired) electrons. The highest BCUT2D eigenvalue weighted by atomic mass is 79.9. The molecule has 0 saturated carbocycles. The molecule has 10 nitrogen and oxygen atoms in total. The van der Waals surface area contributed by atoms with Gasteiger partial charge in [0.25, 0.3) is 18.2 Å². The highest BCUT2D eigenvalue weighted by Gasteiger charge is 2.27. The van der Waals surface area contributed by atoms with Gasteiger partial charge in [-0.2, -0.15) is 10.2 Å². The second-order valence-corrected chi connectivity index (χ2v) is 11.1. The summed E-state index contributed by atoms with van der Waals surface area (Å²) >= 11 is 10.2. The molecule has 2 amide bonds. The highest BCUT2D eigenvalue weighted by Crippen LogP contribution is 2.43. The summed E-state index contributed by atoms with van der Waals surface area (Å²) in [5.41, 5.74) is 6.72. The van der Waals surface area contributed by atoms with Crippen molar-refractivity contribution in [3.63, 3.8) is 0 Å². The Balaban J connectivity index is 1.51. The number of ether oxygens (including phenoxy) is 1. The zero-order valence-electron chi connectivity index (χ0n) is 21.5. The Morgan fingerprint density at radius 3 is 2.63 bits per heavy atom. The maximum absolute atomic E-state index is 13.8. The fraction of sp³-hybridized carbons (Fsp3) is 0.192. The van der Waals surface area contributed by atoms with E-state index in [-0.39, 0.29) is 27.8 Å². The number of thiophene rings is 1. The van der Waals surface area contributed by atoms with Crippen molar-refractivity contribution >= 4 is 66.6 Å². The average molecular weight is 665 g/mol. The molecule has 0 aliphatic rings. The van der Waals surface area contributed by atoms with Gasteiger partial charge in [0, 0.05) is 34.9 Å². The van der Waals surface area contributed by atoms with E-state index in [1.807, 2.05) is 6.92 Å². The van der Waals surface area contributed by atoms with Crippen LogP contribution in [0.1, 0.15) is 44.9 Å². The van der Waals surface area contributed by atoms with Gasteiger partial charge in [0.05, 0.1) is 15.9 Å². The van der Waals surface area contributed by atoms with Crippen molar-refractivity contribution in [1.29, 1.82) is 0 Å². The molecule has 4 heterocycles. The van der Waals surface area contributed by atoms with Gasteiger partial charge in [0.2, 0.25) is 0 Å². The summed E-state index contributed by atoms with van der Waals surface area (Å²) in [4.78, 5) is 29.9. The van der Waals surface area contributed by atoms with Gasteiger partial charge in [-0.15, -0.1) is 11.3 Å². The standard InChI is InChI=1S/C26H21BrClF2N7O3S/c1-3-36-10-15(12(2)34-36)14-9-18(23(29)30)32-26-20(14)21(22(41-26)24(31)38)33-25(39)17-6-7-37(35-17)11-40-19-5-4-13(28)8-16(19)27/h4-10,23H,3,11H2,1-2H3,(H2,31,38)(H,33,39). The minimum absolute atomic E-state index is 0.00734. The van der Waals surface area contributed by atoms with Crippen molar-refractivity contribution in [1.82, 2.24) is 24.5 Å². The van der Waals surface area contributed by atoms with E-state index in [4.69, 9.17) is 22.1 Å². The fourth-order valence-electron chi connectivity index (χ4n) is 4.14. The highest BCUT2D eigenvalue weighted by molar-refractivity contribution is 9.10. The smallest absolute Gasteiger partial charge is 0.280 e. The van der Waals surface area contributed by atoms with Crippen LogP contribution in [0.3, 0.4) is 0 Å². The van der Waals surface area contributed by atoms with Gasteiger partial charge >= 0.3 is 0 Å². The second kappa shape index (κ2) is 11.5. The maximum Gasteiger partial charge on any atom is 0.280 e. The molecule has 0 unspecified atom stereocenters. The van der Waals surface area contributed by atoms with E-state index in [2.05, 4.69) is 36.4 Å². The minimum Gasteiger partial charge on any atom is -0.470 e. The minimum atomic E-state index is -2.86. The van der Waals surface area contributed by atoms with Crippen LogP contribution in [-0.2, 0) is 13.3 Å². The number of aryl methyl sites for hydroxylation is 2. The first kappa shape index (κ1) is 28.6. The number of benzene rings is 1. The van der Waals surface area contributed by atoms with Gasteiger partial charge < -0.3 is 15.8 Å². The number of aromatic nitrogens is 5. The predicted octanol–water partition coefficient (Wildman–Crippen LogP) is 6.43. The van der Waals surface area contributed by atoms with Crippen LogP contribution in [0.2, 0.25) is 5.02 Å². The largest absolute Gasteiger partial charge is 0.470 e. The zero-order valence-corrected chi connectivity index (χ0v) is 24.6. The van der Waals surface area contributed by atoms with Gasteiger partial charge in [-0.05, 0) is 65.7 Å². The number of nitrogens with zero attached hydrogens (tertiary/aromatic N) is 5. The molecule has 0 atom stereocenters. The number of alkyl halides is 2. The van der Waals surface area contributed by atoms with Gasteiger partial charge in [0.1, 0.15) is 21.2 Å². The summed E-state index contributed by atoms with van der Waals surface area (Å²) in [5.74, 6) is -0.971. The number of anilines is 1. The number of carbonyl (C=O) groups excluding carboxylic acids is 2. The Hall–Kier alpha value is -3.88. The van der Waals surface area contributed by atoms with Gasteiger partial charge in [0.15, 0.2) is 12.4 Å². The maximum atomic E-state index is 13.8. The van der Waals surface area contributed by atoms with Crippen molar-refractivity contribution in [3.8, 4) is 16.9 Å². The molecule has 0 aliphatic heterocycles. The van der Waals surface area contributed by atoms with E-state index in [0.29, 0.717) is 44.0 Å². The lowest BCUT2D eigenvalue weighted by molar-refractivity contribution is 0.100. The summed E-state index contributed by atoms with van der Waals surface area (Å²) < 4.78 is 37.1. The third-order valence-corrected chi connectivity index (χ3v) is 8.00. The molecular formula is C26H21BrClF2N7O3S. The van der Waals surface area contributed by atoms with Crippen LogP contribution in [-0.4, -0.2) is 36.4 Å². The van der Waals surface area contributed by atoms with E-state index < -0.39 is 23.9 Å². The molecule has 1 aromatic carbocycles. The molecular weight excluding hydrogens is 644 g/mol. The second-order valence-electron chi connectivity index (χ2n) is 8.77. The Kier molecular flexibility index (Phi) is 8.07. The Labute approximate surface area is 249 Å². The van der Waals surface area contributed by atoms with Crippen LogP contribution in [0.4, 0.5) is 14.5 Å². The van der Waals surface area contributed by atoms with Crippen molar-refractivity contribution in [3.05, 3.63) is 74.2 Å². The molecule has 5 aromatic rings. The summed E-state index contributed by atoms with van der Waals surface area (Å²) in [7, 11) is 0. The fourth-order valence-corrected chi connectivity index (χ4v) is 5.95. The molecule has 3 N–H and O–H groups in total. The topological polar surface area (TPSA) is 130 Å². The molecule has 4 aromatic heterocycles. The molecule has 41 heavy (non-hydrogen) atoms. The summed E-state index contributed by atoms with van der Waals surface area (Å²) in [6.07, 6.45) is 0.397. The third-order valence-electron chi connectivity index (χ3n) is 6.05. The monoisotopic (exact) mass is 663 g/mol. The number of nitrogens with two attached hydrogens (primary N) is 1. The number of pyridine rings is 1. The van der Waals surface area contributed by atoms with Crippen LogP contribution in [0.5, 0.6) is 5.75 Å². The van der Waals surface area contributed by atoms with Crippen LogP contribution in [0, 0.1) is 6.92 Å². The first-order valence-corrected chi connectivity index (χ1v) is 14.1. The number of primary amides is 1. The molecule has 0 saturated heterocycles. The number of rotatable bonds is 9. The third kappa shape index (κ3) is 5.80. The van der Waals surface area contributed by atoms with Gasteiger partial charge in [-0.1, -0.05) is 11.6 Å². The van der Waals surface area contributed by atoms with Crippen LogP contribution >= 0.6 is 38.9 Å². The lowest BCUT2D eigenvalue weighted by Crippen LogP contribution is -2.18. The van der Waals surface area contributed by atoms with Crippen LogP contribution < -0.4 is 15.8 Å². The van der Waals surface area contributed by atoms with Gasteiger partial charge in [-0.25, -0.2) is 18.4 Å². The molecule has 212 valence electrons. The Morgan fingerprint density at radius 2 is 1.98 bits per heavy atom. The molecule has 15 heteroatoms. The predicted molar refractivity (Wildman–Crippen MR) is 155 cm³/mol. The Morgan fingerprint density at radius 1 is 1.20 bits per heavy atom.